The second kappa shape index (κ2) is 5.33. The minimum Gasteiger partial charge on any atom is -0.492 e. The van der Waals surface area contributed by atoms with Gasteiger partial charge in [-0.1, -0.05) is 35.4 Å². The molecule has 1 aromatic carbocycles. The molecule has 1 saturated carbocycles. The molecular weight excluding hydrogens is 302 g/mol. The largest absolute Gasteiger partial charge is 0.492 e. The van der Waals surface area contributed by atoms with E-state index in [-0.39, 0.29) is 35.5 Å². The fraction of sp³-hybridized carbons (Fsp3) is 0.400. The fourth-order valence-corrected chi connectivity index (χ4v) is 4.59. The summed E-state index contributed by atoms with van der Waals surface area (Å²) >= 11 is 0. The first-order chi connectivity index (χ1) is 11.6. The van der Waals surface area contributed by atoms with Crippen molar-refractivity contribution in [3.8, 4) is 5.75 Å². The lowest BCUT2D eigenvalue weighted by molar-refractivity contribution is -0.123. The Kier molecular flexibility index (Phi) is 3.37. The van der Waals surface area contributed by atoms with Crippen LogP contribution < -0.4 is 9.64 Å². The predicted molar refractivity (Wildman–Crippen MR) is 91.6 cm³/mol. The highest BCUT2D eigenvalue weighted by molar-refractivity contribution is 6.23. The van der Waals surface area contributed by atoms with E-state index in [1.807, 2.05) is 25.1 Å². The minimum absolute atomic E-state index is 0.0747. The summed E-state index contributed by atoms with van der Waals surface area (Å²) in [6.45, 7) is 6.53. The minimum atomic E-state index is -0.257. The summed E-state index contributed by atoms with van der Waals surface area (Å²) in [6.07, 6.45) is 4.22. The molecule has 124 valence electrons. The van der Waals surface area contributed by atoms with Gasteiger partial charge in [0.25, 0.3) is 0 Å². The summed E-state index contributed by atoms with van der Waals surface area (Å²) in [7, 11) is 0. The summed E-state index contributed by atoms with van der Waals surface area (Å²) in [4.78, 5) is 27.6. The summed E-state index contributed by atoms with van der Waals surface area (Å²) in [6, 6.07) is 7.29. The van der Waals surface area contributed by atoms with Gasteiger partial charge in [-0.15, -0.1) is 0 Å². The smallest absolute Gasteiger partial charge is 0.238 e. The Morgan fingerprint density at radius 1 is 1.04 bits per heavy atom. The molecule has 2 bridgehead atoms. The van der Waals surface area contributed by atoms with Gasteiger partial charge in [0, 0.05) is 11.8 Å². The SMILES string of the molecule is CCOc1ccccc1N1C(=O)C2C3C=CC(C3=C(C)C)C2C1=O. The molecule has 2 aliphatic carbocycles. The Morgan fingerprint density at radius 3 is 2.17 bits per heavy atom. The molecule has 0 radical (unpaired) electrons. The van der Waals surface area contributed by atoms with Crippen LogP contribution in [0, 0.1) is 23.7 Å². The first kappa shape index (κ1) is 15.2. The van der Waals surface area contributed by atoms with Crippen molar-refractivity contribution >= 4 is 17.5 Å². The van der Waals surface area contributed by atoms with E-state index >= 15 is 0 Å². The van der Waals surface area contributed by atoms with Crippen LogP contribution in [0.25, 0.3) is 0 Å². The fourth-order valence-electron chi connectivity index (χ4n) is 4.59. The average molecular weight is 323 g/mol. The van der Waals surface area contributed by atoms with E-state index in [0.717, 1.165) is 0 Å². The van der Waals surface area contributed by atoms with Crippen molar-refractivity contribution in [2.24, 2.45) is 23.7 Å². The van der Waals surface area contributed by atoms with E-state index in [0.29, 0.717) is 18.0 Å². The van der Waals surface area contributed by atoms with Crippen LogP contribution in [0.15, 0.2) is 47.6 Å². The second-order valence-electron chi connectivity index (χ2n) is 6.86. The quantitative estimate of drug-likeness (QED) is 0.633. The van der Waals surface area contributed by atoms with Crippen LogP contribution in [0.2, 0.25) is 0 Å². The Hall–Kier alpha value is -2.36. The maximum absolute atomic E-state index is 13.1. The Balaban J connectivity index is 1.76. The number of carbonyl (C=O) groups is 2. The number of para-hydroxylation sites is 2. The van der Waals surface area contributed by atoms with Gasteiger partial charge in [0.1, 0.15) is 5.75 Å². The van der Waals surface area contributed by atoms with Crippen LogP contribution in [0.3, 0.4) is 0 Å². The van der Waals surface area contributed by atoms with E-state index in [2.05, 4.69) is 26.0 Å². The van der Waals surface area contributed by atoms with Crippen LogP contribution in [-0.4, -0.2) is 18.4 Å². The van der Waals surface area contributed by atoms with Gasteiger partial charge in [0.05, 0.1) is 24.1 Å². The topological polar surface area (TPSA) is 46.6 Å². The molecule has 4 heteroatoms. The molecule has 0 spiro atoms. The van der Waals surface area contributed by atoms with Gasteiger partial charge in [-0.3, -0.25) is 9.59 Å². The van der Waals surface area contributed by atoms with E-state index in [4.69, 9.17) is 4.74 Å². The number of benzene rings is 1. The first-order valence-corrected chi connectivity index (χ1v) is 8.51. The number of nitrogens with zero attached hydrogens (tertiary/aromatic N) is 1. The van der Waals surface area contributed by atoms with E-state index in [1.165, 1.54) is 16.0 Å². The maximum atomic E-state index is 13.1. The van der Waals surface area contributed by atoms with Crippen LogP contribution in [0.5, 0.6) is 5.75 Å². The van der Waals surface area contributed by atoms with Gasteiger partial charge < -0.3 is 4.74 Å². The lowest BCUT2D eigenvalue weighted by Gasteiger charge is -2.21. The Morgan fingerprint density at radius 2 is 1.62 bits per heavy atom. The van der Waals surface area contributed by atoms with Gasteiger partial charge in [-0.25, -0.2) is 4.90 Å². The Labute approximate surface area is 141 Å². The molecule has 2 amide bonds. The van der Waals surface area contributed by atoms with Crippen LogP contribution >= 0.6 is 0 Å². The average Bonchev–Trinajstić information content (AvgIpc) is 3.19. The first-order valence-electron chi connectivity index (χ1n) is 8.51. The normalized spacial score (nSPS) is 30.3. The summed E-state index contributed by atoms with van der Waals surface area (Å²) in [5.74, 6) is 0.0421. The molecule has 4 unspecified atom stereocenters. The van der Waals surface area contributed by atoms with Crippen molar-refractivity contribution in [1.82, 2.24) is 0 Å². The third-order valence-electron chi connectivity index (χ3n) is 5.40. The molecule has 0 aromatic heterocycles. The molecule has 24 heavy (non-hydrogen) atoms. The van der Waals surface area contributed by atoms with Gasteiger partial charge in [0.15, 0.2) is 0 Å². The van der Waals surface area contributed by atoms with Crippen molar-refractivity contribution in [2.75, 3.05) is 11.5 Å². The lowest BCUT2D eigenvalue weighted by Crippen LogP contribution is -2.33. The van der Waals surface area contributed by atoms with Gasteiger partial charge in [-0.05, 0) is 32.9 Å². The molecule has 2 fully saturated rings. The van der Waals surface area contributed by atoms with Gasteiger partial charge in [-0.2, -0.15) is 0 Å². The zero-order valence-electron chi connectivity index (χ0n) is 14.2. The van der Waals surface area contributed by atoms with E-state index < -0.39 is 0 Å². The molecule has 4 rings (SSSR count). The summed E-state index contributed by atoms with van der Waals surface area (Å²) in [5.41, 5.74) is 3.07. The highest BCUT2D eigenvalue weighted by Crippen LogP contribution is 2.57. The third-order valence-corrected chi connectivity index (χ3v) is 5.40. The monoisotopic (exact) mass is 323 g/mol. The number of ether oxygens (including phenoxy) is 1. The third kappa shape index (κ3) is 1.86. The standard InChI is InChI=1S/C20H21NO3/c1-4-24-15-8-6-5-7-14(15)21-19(22)17-12-9-10-13(16(12)11(2)3)18(17)20(21)23/h5-10,12-13,17-18H,4H2,1-3H3. The van der Waals surface area contributed by atoms with Crippen LogP contribution in [-0.2, 0) is 9.59 Å². The molecule has 4 nitrogen and oxygen atoms in total. The summed E-state index contributed by atoms with van der Waals surface area (Å²) < 4.78 is 5.63. The van der Waals surface area contributed by atoms with Crippen LogP contribution in [0.4, 0.5) is 5.69 Å². The lowest BCUT2D eigenvalue weighted by atomic mass is 9.85. The highest BCUT2D eigenvalue weighted by Gasteiger charge is 2.62. The molecule has 0 N–H and O–H groups in total. The number of hydrogen-bond acceptors (Lipinski definition) is 3. The van der Waals surface area contributed by atoms with E-state index in [9.17, 15) is 9.59 Å². The molecule has 1 aromatic rings. The summed E-state index contributed by atoms with van der Waals surface area (Å²) in [5, 5.41) is 0. The number of allylic oxidation sites excluding steroid dienone is 4. The zero-order chi connectivity index (χ0) is 17.0. The number of anilines is 1. The number of hydrogen-bond donors (Lipinski definition) is 0. The van der Waals surface area contributed by atoms with Crippen molar-refractivity contribution in [2.45, 2.75) is 20.8 Å². The van der Waals surface area contributed by atoms with E-state index in [1.54, 1.807) is 6.07 Å². The Bertz CT molecular complexity index is 754. The molecule has 4 atom stereocenters. The predicted octanol–water partition coefficient (Wildman–Crippen LogP) is 3.34. The maximum Gasteiger partial charge on any atom is 0.238 e. The molecule has 1 saturated heterocycles. The zero-order valence-corrected chi connectivity index (χ0v) is 14.2. The van der Waals surface area contributed by atoms with Crippen molar-refractivity contribution in [3.05, 3.63) is 47.6 Å². The van der Waals surface area contributed by atoms with Crippen molar-refractivity contribution in [3.63, 3.8) is 0 Å². The number of amides is 2. The van der Waals surface area contributed by atoms with Crippen molar-refractivity contribution in [1.29, 1.82) is 0 Å². The number of rotatable bonds is 3. The van der Waals surface area contributed by atoms with Gasteiger partial charge >= 0.3 is 0 Å². The number of fused-ring (bicyclic) bond motifs is 5. The highest BCUT2D eigenvalue weighted by atomic mass is 16.5. The molecule has 1 heterocycles. The van der Waals surface area contributed by atoms with Crippen molar-refractivity contribution < 1.29 is 14.3 Å². The number of carbonyl (C=O) groups excluding carboxylic acids is 2. The molecular formula is C20H21NO3. The van der Waals surface area contributed by atoms with Gasteiger partial charge in [0.2, 0.25) is 11.8 Å². The molecule has 1 aliphatic heterocycles. The van der Waals surface area contributed by atoms with Crippen LogP contribution in [0.1, 0.15) is 20.8 Å². The molecule has 3 aliphatic rings. The second-order valence-corrected chi connectivity index (χ2v) is 6.86. The number of imide groups is 1.